The molecular weight excluding hydrogens is 250 g/mol. The van der Waals surface area contributed by atoms with Gasteiger partial charge in [0.25, 0.3) is 5.69 Å². The number of primary amides is 1. The van der Waals surface area contributed by atoms with Crippen molar-refractivity contribution >= 4 is 17.3 Å². The largest absolute Gasteiger partial charge is 0.381 e. The Morgan fingerprint density at radius 3 is 2.68 bits per heavy atom. The zero-order chi connectivity index (χ0) is 13.8. The molecule has 7 heteroatoms. The van der Waals surface area contributed by atoms with Gasteiger partial charge in [-0.15, -0.1) is 0 Å². The van der Waals surface area contributed by atoms with Crippen molar-refractivity contribution in [3.05, 3.63) is 33.9 Å². The molecule has 0 aromatic heterocycles. The number of anilines is 1. The van der Waals surface area contributed by atoms with E-state index >= 15 is 0 Å². The lowest BCUT2D eigenvalue weighted by Gasteiger charge is -2.24. The van der Waals surface area contributed by atoms with E-state index in [9.17, 15) is 14.9 Å². The Hall–Kier alpha value is -2.15. The average molecular weight is 265 g/mol. The van der Waals surface area contributed by atoms with Crippen LogP contribution in [0.25, 0.3) is 0 Å². The number of benzene rings is 1. The standard InChI is InChI=1S/C12H15N3O4/c13-12(16)8-1-2-10(11(7-8)15(17)18)14-9-3-5-19-6-4-9/h1-2,7,9,14H,3-6H2,(H2,13,16). The van der Waals surface area contributed by atoms with Gasteiger partial charge in [0.15, 0.2) is 0 Å². The highest BCUT2D eigenvalue weighted by molar-refractivity contribution is 5.94. The summed E-state index contributed by atoms with van der Waals surface area (Å²) >= 11 is 0. The van der Waals surface area contributed by atoms with Crippen molar-refractivity contribution in [1.82, 2.24) is 0 Å². The molecule has 0 bridgehead atoms. The van der Waals surface area contributed by atoms with Crippen molar-refractivity contribution < 1.29 is 14.5 Å². The van der Waals surface area contributed by atoms with E-state index in [0.717, 1.165) is 12.8 Å². The number of nitro groups is 1. The molecule has 1 fully saturated rings. The van der Waals surface area contributed by atoms with Gasteiger partial charge in [-0.1, -0.05) is 0 Å². The molecule has 0 atom stereocenters. The summed E-state index contributed by atoms with van der Waals surface area (Å²) < 4.78 is 5.23. The number of ether oxygens (including phenoxy) is 1. The molecule has 1 saturated heterocycles. The Labute approximate surface area is 109 Å². The number of hydrogen-bond acceptors (Lipinski definition) is 5. The van der Waals surface area contributed by atoms with E-state index in [1.165, 1.54) is 18.2 Å². The summed E-state index contributed by atoms with van der Waals surface area (Å²) in [5.41, 5.74) is 5.52. The Morgan fingerprint density at radius 2 is 2.11 bits per heavy atom. The number of amides is 1. The van der Waals surface area contributed by atoms with Crippen molar-refractivity contribution in [1.29, 1.82) is 0 Å². The lowest BCUT2D eigenvalue weighted by Crippen LogP contribution is -2.28. The monoisotopic (exact) mass is 265 g/mol. The van der Waals surface area contributed by atoms with Gasteiger partial charge in [0, 0.05) is 30.9 Å². The molecule has 0 unspecified atom stereocenters. The third-order valence-electron chi connectivity index (χ3n) is 3.06. The first-order valence-corrected chi connectivity index (χ1v) is 6.00. The summed E-state index contributed by atoms with van der Waals surface area (Å²) in [6.45, 7) is 1.29. The Bertz CT molecular complexity index is 498. The molecule has 1 heterocycles. The Balaban J connectivity index is 2.23. The van der Waals surface area contributed by atoms with Gasteiger partial charge < -0.3 is 15.8 Å². The van der Waals surface area contributed by atoms with Gasteiger partial charge in [0.1, 0.15) is 5.69 Å². The molecule has 0 radical (unpaired) electrons. The lowest BCUT2D eigenvalue weighted by molar-refractivity contribution is -0.384. The quantitative estimate of drug-likeness (QED) is 0.630. The number of carbonyl (C=O) groups is 1. The third kappa shape index (κ3) is 3.19. The van der Waals surface area contributed by atoms with Crippen molar-refractivity contribution in [2.45, 2.75) is 18.9 Å². The second-order valence-corrected chi connectivity index (χ2v) is 4.38. The van der Waals surface area contributed by atoms with Gasteiger partial charge in [-0.3, -0.25) is 14.9 Å². The van der Waals surface area contributed by atoms with Gasteiger partial charge >= 0.3 is 0 Å². The van der Waals surface area contributed by atoms with E-state index in [1.807, 2.05) is 0 Å². The summed E-state index contributed by atoms with van der Waals surface area (Å²) in [7, 11) is 0. The van der Waals surface area contributed by atoms with E-state index in [0.29, 0.717) is 18.9 Å². The van der Waals surface area contributed by atoms with Crippen LogP contribution in [0.3, 0.4) is 0 Å². The van der Waals surface area contributed by atoms with E-state index < -0.39 is 10.8 Å². The second kappa shape index (κ2) is 5.66. The fourth-order valence-electron chi connectivity index (χ4n) is 2.02. The predicted octanol–water partition coefficient (Wildman–Crippen LogP) is 1.28. The summed E-state index contributed by atoms with van der Waals surface area (Å²) in [5.74, 6) is -0.680. The summed E-state index contributed by atoms with van der Waals surface area (Å²) in [6, 6.07) is 4.35. The summed E-state index contributed by atoms with van der Waals surface area (Å²) in [5, 5.41) is 14.2. The van der Waals surface area contributed by atoms with Crippen LogP contribution in [0.2, 0.25) is 0 Å². The van der Waals surface area contributed by atoms with Crippen LogP contribution in [0.15, 0.2) is 18.2 Å². The molecule has 0 aliphatic carbocycles. The number of nitrogens with one attached hydrogen (secondary N) is 1. The maximum atomic E-state index is 11.0. The first-order valence-electron chi connectivity index (χ1n) is 6.00. The number of nitrogens with two attached hydrogens (primary N) is 1. The molecule has 0 spiro atoms. The van der Waals surface area contributed by atoms with Crippen molar-refractivity contribution in [3.63, 3.8) is 0 Å². The molecule has 102 valence electrons. The minimum atomic E-state index is -0.680. The lowest BCUT2D eigenvalue weighted by atomic mass is 10.1. The Kier molecular flexibility index (Phi) is 3.96. The number of rotatable bonds is 4. The first-order chi connectivity index (χ1) is 9.08. The van der Waals surface area contributed by atoms with Crippen LogP contribution in [-0.4, -0.2) is 30.1 Å². The zero-order valence-electron chi connectivity index (χ0n) is 10.3. The van der Waals surface area contributed by atoms with Crippen LogP contribution in [0, 0.1) is 10.1 Å². The van der Waals surface area contributed by atoms with Gasteiger partial charge in [0.05, 0.1) is 4.92 Å². The van der Waals surface area contributed by atoms with E-state index in [-0.39, 0.29) is 17.3 Å². The summed E-state index contributed by atoms with van der Waals surface area (Å²) in [4.78, 5) is 21.5. The van der Waals surface area contributed by atoms with Crippen molar-refractivity contribution in [2.75, 3.05) is 18.5 Å². The third-order valence-corrected chi connectivity index (χ3v) is 3.06. The van der Waals surface area contributed by atoms with Crippen molar-refractivity contribution in [2.24, 2.45) is 5.73 Å². The SMILES string of the molecule is NC(=O)c1ccc(NC2CCOCC2)c([N+](=O)[O-])c1. The van der Waals surface area contributed by atoms with E-state index in [2.05, 4.69) is 5.32 Å². The number of hydrogen-bond donors (Lipinski definition) is 2. The van der Waals surface area contributed by atoms with Crippen molar-refractivity contribution in [3.8, 4) is 0 Å². The normalized spacial score (nSPS) is 16.0. The minimum Gasteiger partial charge on any atom is -0.381 e. The second-order valence-electron chi connectivity index (χ2n) is 4.38. The molecule has 19 heavy (non-hydrogen) atoms. The highest BCUT2D eigenvalue weighted by Crippen LogP contribution is 2.27. The van der Waals surface area contributed by atoms with E-state index in [4.69, 9.17) is 10.5 Å². The maximum absolute atomic E-state index is 11.0. The highest BCUT2D eigenvalue weighted by Gasteiger charge is 2.20. The molecule has 1 aliphatic heterocycles. The fourth-order valence-corrected chi connectivity index (χ4v) is 2.02. The Morgan fingerprint density at radius 1 is 1.42 bits per heavy atom. The molecule has 1 aliphatic rings. The molecule has 1 aromatic rings. The molecular formula is C12H15N3O4. The number of carbonyl (C=O) groups excluding carboxylic acids is 1. The molecule has 3 N–H and O–H groups in total. The maximum Gasteiger partial charge on any atom is 0.293 e. The molecule has 2 rings (SSSR count). The summed E-state index contributed by atoms with van der Waals surface area (Å²) in [6.07, 6.45) is 1.60. The smallest absolute Gasteiger partial charge is 0.293 e. The molecule has 1 amide bonds. The first kappa shape index (κ1) is 13.3. The van der Waals surface area contributed by atoms with Crippen LogP contribution in [-0.2, 0) is 4.74 Å². The highest BCUT2D eigenvalue weighted by atomic mass is 16.6. The average Bonchev–Trinajstić information content (AvgIpc) is 2.39. The topological polar surface area (TPSA) is 107 Å². The number of nitro benzene ring substituents is 1. The molecule has 0 saturated carbocycles. The van der Waals surface area contributed by atoms with Crippen LogP contribution in [0.5, 0.6) is 0 Å². The van der Waals surface area contributed by atoms with Gasteiger partial charge in [-0.05, 0) is 25.0 Å². The number of nitrogens with zero attached hydrogens (tertiary/aromatic N) is 1. The minimum absolute atomic E-state index is 0.129. The molecule has 1 aromatic carbocycles. The zero-order valence-corrected chi connectivity index (χ0v) is 10.3. The van der Waals surface area contributed by atoms with Gasteiger partial charge in [-0.2, -0.15) is 0 Å². The van der Waals surface area contributed by atoms with Gasteiger partial charge in [-0.25, -0.2) is 0 Å². The van der Waals surface area contributed by atoms with Crippen LogP contribution in [0.4, 0.5) is 11.4 Å². The van der Waals surface area contributed by atoms with Crippen LogP contribution < -0.4 is 11.1 Å². The van der Waals surface area contributed by atoms with E-state index in [1.54, 1.807) is 0 Å². The fraction of sp³-hybridized carbons (Fsp3) is 0.417. The van der Waals surface area contributed by atoms with Crippen LogP contribution >= 0.6 is 0 Å². The van der Waals surface area contributed by atoms with Gasteiger partial charge in [0.2, 0.25) is 5.91 Å². The van der Waals surface area contributed by atoms with Crippen LogP contribution in [0.1, 0.15) is 23.2 Å². The predicted molar refractivity (Wildman–Crippen MR) is 69.1 cm³/mol. The molecule has 7 nitrogen and oxygen atoms in total.